The number of carbonyl (C=O) groups excluding carboxylic acids is 1. The Bertz CT molecular complexity index is 705. The molecule has 120 valence electrons. The third-order valence-corrected chi connectivity index (χ3v) is 4.45. The first-order valence-electron chi connectivity index (χ1n) is 7.68. The Morgan fingerprint density at radius 1 is 1.26 bits per heavy atom. The molecule has 2 atom stereocenters. The van der Waals surface area contributed by atoms with Crippen molar-refractivity contribution in [2.75, 3.05) is 13.1 Å². The molecule has 2 aromatic carbocycles. The molecule has 0 spiro atoms. The molecular formula is C18H19ClN2O2. The predicted molar refractivity (Wildman–Crippen MR) is 90.3 cm³/mol. The molecule has 0 bridgehead atoms. The second kappa shape index (κ2) is 7.13. The molecule has 3 N–H and O–H groups in total. The maximum atomic E-state index is 12.5. The van der Waals surface area contributed by atoms with E-state index in [4.69, 9.17) is 11.6 Å². The summed E-state index contributed by atoms with van der Waals surface area (Å²) in [6.07, 6.45) is 0.0915. The minimum atomic E-state index is -0.827. The third kappa shape index (κ3) is 3.55. The standard InChI is InChI=1S/C18H19ClN2O2/c19-15-8-4-3-7-14(15)16(22)11-21-18(23)17-13-6-2-1-5-12(13)9-10-20-17/h1-8,16-17,20,22H,9-11H2,(H,21,23). The fraction of sp³-hybridized carbons (Fsp3) is 0.278. The molecule has 0 saturated carbocycles. The van der Waals surface area contributed by atoms with Crippen LogP contribution >= 0.6 is 11.6 Å². The second-order valence-electron chi connectivity index (χ2n) is 5.62. The summed E-state index contributed by atoms with van der Waals surface area (Å²) in [4.78, 5) is 12.5. The van der Waals surface area contributed by atoms with Gasteiger partial charge in [0, 0.05) is 23.7 Å². The second-order valence-corrected chi connectivity index (χ2v) is 6.03. The fourth-order valence-electron chi connectivity index (χ4n) is 2.89. The van der Waals surface area contributed by atoms with Gasteiger partial charge < -0.3 is 15.7 Å². The van der Waals surface area contributed by atoms with Crippen LogP contribution in [0.4, 0.5) is 0 Å². The van der Waals surface area contributed by atoms with Gasteiger partial charge in [-0.2, -0.15) is 0 Å². The SMILES string of the molecule is O=C(NCC(O)c1ccccc1Cl)C1NCCc2ccccc21. The van der Waals surface area contributed by atoms with E-state index < -0.39 is 6.10 Å². The van der Waals surface area contributed by atoms with Crippen LogP contribution < -0.4 is 10.6 Å². The van der Waals surface area contributed by atoms with Crippen molar-refractivity contribution >= 4 is 17.5 Å². The smallest absolute Gasteiger partial charge is 0.241 e. The zero-order valence-electron chi connectivity index (χ0n) is 12.6. The van der Waals surface area contributed by atoms with E-state index in [1.807, 2.05) is 24.3 Å². The molecule has 0 radical (unpaired) electrons. The summed E-state index contributed by atoms with van der Waals surface area (Å²) in [7, 11) is 0. The molecule has 0 aromatic heterocycles. The lowest BCUT2D eigenvalue weighted by Crippen LogP contribution is -2.42. The highest BCUT2D eigenvalue weighted by Crippen LogP contribution is 2.24. The fourth-order valence-corrected chi connectivity index (χ4v) is 3.15. The normalized spacial score (nSPS) is 18.1. The van der Waals surface area contributed by atoms with Crippen LogP contribution in [0.2, 0.25) is 5.02 Å². The molecule has 0 aliphatic carbocycles. The first kappa shape index (κ1) is 16.0. The highest BCUT2D eigenvalue weighted by atomic mass is 35.5. The lowest BCUT2D eigenvalue weighted by molar-refractivity contribution is -0.123. The summed E-state index contributed by atoms with van der Waals surface area (Å²) < 4.78 is 0. The van der Waals surface area contributed by atoms with Crippen molar-refractivity contribution in [2.24, 2.45) is 0 Å². The molecule has 1 amide bonds. The first-order valence-corrected chi connectivity index (χ1v) is 8.06. The van der Waals surface area contributed by atoms with Crippen molar-refractivity contribution in [1.29, 1.82) is 0 Å². The summed E-state index contributed by atoms with van der Waals surface area (Å²) >= 11 is 6.07. The number of amides is 1. The maximum absolute atomic E-state index is 12.5. The van der Waals surface area contributed by atoms with Gasteiger partial charge in [-0.3, -0.25) is 4.79 Å². The summed E-state index contributed by atoms with van der Waals surface area (Å²) in [6, 6.07) is 14.7. The van der Waals surface area contributed by atoms with E-state index in [-0.39, 0.29) is 18.5 Å². The quantitative estimate of drug-likeness (QED) is 0.806. The number of aliphatic hydroxyl groups excluding tert-OH is 1. The molecule has 4 nitrogen and oxygen atoms in total. The van der Waals surface area contributed by atoms with E-state index >= 15 is 0 Å². The summed E-state index contributed by atoms with van der Waals surface area (Å²) in [5.74, 6) is -0.136. The van der Waals surface area contributed by atoms with Gasteiger partial charge in [0.05, 0.1) is 6.10 Å². The van der Waals surface area contributed by atoms with Gasteiger partial charge in [-0.15, -0.1) is 0 Å². The predicted octanol–water partition coefficient (Wildman–Crippen LogP) is 2.38. The van der Waals surface area contributed by atoms with Gasteiger partial charge in [0.1, 0.15) is 6.04 Å². The monoisotopic (exact) mass is 330 g/mol. The number of hydrogen-bond acceptors (Lipinski definition) is 3. The summed E-state index contributed by atoms with van der Waals surface area (Å²) in [5, 5.41) is 16.8. The van der Waals surface area contributed by atoms with Crippen LogP contribution in [0.25, 0.3) is 0 Å². The van der Waals surface area contributed by atoms with Crippen molar-refractivity contribution in [3.8, 4) is 0 Å². The molecule has 1 heterocycles. The maximum Gasteiger partial charge on any atom is 0.241 e. The third-order valence-electron chi connectivity index (χ3n) is 4.10. The molecule has 1 aliphatic heterocycles. The van der Waals surface area contributed by atoms with E-state index in [0.717, 1.165) is 18.5 Å². The number of benzene rings is 2. The van der Waals surface area contributed by atoms with Gasteiger partial charge in [-0.05, 0) is 23.6 Å². The van der Waals surface area contributed by atoms with E-state index in [0.29, 0.717) is 10.6 Å². The van der Waals surface area contributed by atoms with Crippen molar-refractivity contribution in [3.63, 3.8) is 0 Å². The number of rotatable bonds is 4. The Labute approximate surface area is 140 Å². The molecule has 0 fully saturated rings. The number of hydrogen-bond donors (Lipinski definition) is 3. The lowest BCUT2D eigenvalue weighted by Gasteiger charge is -2.26. The topological polar surface area (TPSA) is 61.4 Å². The zero-order valence-corrected chi connectivity index (χ0v) is 13.4. The highest BCUT2D eigenvalue weighted by Gasteiger charge is 2.26. The Hall–Kier alpha value is -1.88. The van der Waals surface area contributed by atoms with E-state index in [2.05, 4.69) is 16.7 Å². The van der Waals surface area contributed by atoms with Gasteiger partial charge in [0.15, 0.2) is 0 Å². The molecule has 23 heavy (non-hydrogen) atoms. The Balaban J connectivity index is 1.66. The van der Waals surface area contributed by atoms with Crippen molar-refractivity contribution in [3.05, 3.63) is 70.2 Å². The van der Waals surface area contributed by atoms with Crippen molar-refractivity contribution < 1.29 is 9.90 Å². The molecule has 1 aliphatic rings. The Kier molecular flexibility index (Phi) is 4.96. The Morgan fingerprint density at radius 2 is 2.00 bits per heavy atom. The average molecular weight is 331 g/mol. The number of carbonyl (C=O) groups is 1. The lowest BCUT2D eigenvalue weighted by atomic mass is 9.94. The van der Waals surface area contributed by atoms with Crippen LogP contribution in [0, 0.1) is 0 Å². The summed E-state index contributed by atoms with van der Waals surface area (Å²) in [5.41, 5.74) is 2.81. The van der Waals surface area contributed by atoms with Crippen LogP contribution in [0.5, 0.6) is 0 Å². The largest absolute Gasteiger partial charge is 0.387 e. The minimum absolute atomic E-state index is 0.128. The van der Waals surface area contributed by atoms with Gasteiger partial charge in [0.2, 0.25) is 5.91 Å². The average Bonchev–Trinajstić information content (AvgIpc) is 2.59. The van der Waals surface area contributed by atoms with Gasteiger partial charge >= 0.3 is 0 Å². The van der Waals surface area contributed by atoms with Crippen molar-refractivity contribution in [2.45, 2.75) is 18.6 Å². The molecule has 3 rings (SSSR count). The van der Waals surface area contributed by atoms with Crippen molar-refractivity contribution in [1.82, 2.24) is 10.6 Å². The number of halogens is 1. The van der Waals surface area contributed by atoms with E-state index in [9.17, 15) is 9.90 Å². The van der Waals surface area contributed by atoms with Gasteiger partial charge in [0.25, 0.3) is 0 Å². The number of aliphatic hydroxyl groups is 1. The Morgan fingerprint density at radius 3 is 2.83 bits per heavy atom. The zero-order chi connectivity index (χ0) is 16.2. The van der Waals surface area contributed by atoms with E-state index in [1.165, 1.54) is 5.56 Å². The van der Waals surface area contributed by atoms with Crippen LogP contribution in [-0.4, -0.2) is 24.1 Å². The van der Waals surface area contributed by atoms with Gasteiger partial charge in [-0.1, -0.05) is 54.1 Å². The highest BCUT2D eigenvalue weighted by molar-refractivity contribution is 6.31. The van der Waals surface area contributed by atoms with Crippen LogP contribution in [0.15, 0.2) is 48.5 Å². The summed E-state index contributed by atoms with van der Waals surface area (Å²) in [6.45, 7) is 0.894. The molecule has 2 unspecified atom stereocenters. The molecule has 0 saturated heterocycles. The van der Waals surface area contributed by atoms with Crippen LogP contribution in [-0.2, 0) is 11.2 Å². The molecular weight excluding hydrogens is 312 g/mol. The van der Waals surface area contributed by atoms with Crippen LogP contribution in [0.3, 0.4) is 0 Å². The number of nitrogens with one attached hydrogen (secondary N) is 2. The number of fused-ring (bicyclic) bond motifs is 1. The molecule has 5 heteroatoms. The molecule has 2 aromatic rings. The first-order chi connectivity index (χ1) is 11.2. The van der Waals surface area contributed by atoms with Crippen LogP contribution in [0.1, 0.15) is 28.8 Å². The minimum Gasteiger partial charge on any atom is -0.387 e. The van der Waals surface area contributed by atoms with E-state index in [1.54, 1.807) is 18.2 Å². The van der Waals surface area contributed by atoms with Gasteiger partial charge in [-0.25, -0.2) is 0 Å².